The molecule has 0 saturated heterocycles. The maximum atomic E-state index is 9.03. The van der Waals surface area contributed by atoms with Crippen LogP contribution in [0.15, 0.2) is 0 Å². The standard InChI is InChI=1S/C10H17NO/c1-3-8(2)11-10-6-4-5-9(10)7-12/h1,8-12H,4-7H2,2H3. The van der Waals surface area contributed by atoms with E-state index in [9.17, 15) is 0 Å². The first-order valence-electron chi connectivity index (χ1n) is 4.61. The fourth-order valence-corrected chi connectivity index (χ4v) is 1.84. The molecule has 0 amide bonds. The van der Waals surface area contributed by atoms with Gasteiger partial charge < -0.3 is 10.4 Å². The summed E-state index contributed by atoms with van der Waals surface area (Å²) in [5, 5.41) is 12.4. The van der Waals surface area contributed by atoms with Crippen LogP contribution in [0.3, 0.4) is 0 Å². The van der Waals surface area contributed by atoms with Crippen molar-refractivity contribution >= 4 is 0 Å². The number of aliphatic hydroxyl groups excluding tert-OH is 1. The fraction of sp³-hybridized carbons (Fsp3) is 0.800. The minimum Gasteiger partial charge on any atom is -0.396 e. The molecular formula is C10H17NO. The maximum absolute atomic E-state index is 9.03. The molecule has 0 heterocycles. The first-order chi connectivity index (χ1) is 5.77. The lowest BCUT2D eigenvalue weighted by Gasteiger charge is -2.20. The topological polar surface area (TPSA) is 32.3 Å². The molecule has 68 valence electrons. The number of nitrogens with one attached hydrogen (secondary N) is 1. The van der Waals surface area contributed by atoms with E-state index in [1.54, 1.807) is 0 Å². The van der Waals surface area contributed by atoms with Gasteiger partial charge in [0.15, 0.2) is 0 Å². The molecule has 1 saturated carbocycles. The van der Waals surface area contributed by atoms with Gasteiger partial charge in [0.25, 0.3) is 0 Å². The van der Waals surface area contributed by atoms with Gasteiger partial charge in [0.2, 0.25) is 0 Å². The Hall–Kier alpha value is -0.520. The summed E-state index contributed by atoms with van der Waals surface area (Å²) in [4.78, 5) is 0. The van der Waals surface area contributed by atoms with Crippen molar-refractivity contribution in [1.82, 2.24) is 5.32 Å². The van der Waals surface area contributed by atoms with Gasteiger partial charge >= 0.3 is 0 Å². The zero-order chi connectivity index (χ0) is 8.97. The van der Waals surface area contributed by atoms with Gasteiger partial charge in [-0.15, -0.1) is 6.42 Å². The van der Waals surface area contributed by atoms with Crippen LogP contribution in [0, 0.1) is 18.3 Å². The lowest BCUT2D eigenvalue weighted by Crippen LogP contribution is -2.39. The van der Waals surface area contributed by atoms with Crippen molar-refractivity contribution in [3.63, 3.8) is 0 Å². The van der Waals surface area contributed by atoms with Crippen molar-refractivity contribution < 1.29 is 5.11 Å². The molecule has 1 fully saturated rings. The summed E-state index contributed by atoms with van der Waals surface area (Å²) < 4.78 is 0. The molecule has 0 spiro atoms. The third kappa shape index (κ3) is 2.23. The van der Waals surface area contributed by atoms with Crippen LogP contribution in [0.2, 0.25) is 0 Å². The predicted octanol–water partition coefficient (Wildman–Crippen LogP) is 0.759. The van der Waals surface area contributed by atoms with Crippen LogP contribution < -0.4 is 5.32 Å². The van der Waals surface area contributed by atoms with Gasteiger partial charge in [-0.3, -0.25) is 0 Å². The molecule has 0 aromatic rings. The Morgan fingerprint density at radius 2 is 2.42 bits per heavy atom. The highest BCUT2D eigenvalue weighted by atomic mass is 16.3. The molecule has 0 radical (unpaired) electrons. The number of aliphatic hydroxyl groups is 1. The Bertz CT molecular complexity index is 173. The zero-order valence-electron chi connectivity index (χ0n) is 7.59. The van der Waals surface area contributed by atoms with Crippen molar-refractivity contribution in [3.05, 3.63) is 0 Å². The van der Waals surface area contributed by atoms with Gasteiger partial charge in [0.1, 0.15) is 0 Å². The predicted molar refractivity (Wildman–Crippen MR) is 49.6 cm³/mol. The number of hydrogen-bond acceptors (Lipinski definition) is 2. The van der Waals surface area contributed by atoms with Crippen LogP contribution in [0.4, 0.5) is 0 Å². The molecule has 2 heteroatoms. The van der Waals surface area contributed by atoms with E-state index in [4.69, 9.17) is 11.5 Å². The van der Waals surface area contributed by atoms with Crippen LogP contribution in [0.1, 0.15) is 26.2 Å². The highest BCUT2D eigenvalue weighted by molar-refractivity contribution is 4.98. The molecule has 2 N–H and O–H groups in total. The molecule has 0 aromatic heterocycles. The van der Waals surface area contributed by atoms with Crippen LogP contribution in [-0.2, 0) is 0 Å². The Morgan fingerprint density at radius 1 is 1.67 bits per heavy atom. The minimum atomic E-state index is 0.127. The van der Waals surface area contributed by atoms with Gasteiger partial charge in [0, 0.05) is 12.6 Å². The third-order valence-corrected chi connectivity index (χ3v) is 2.61. The van der Waals surface area contributed by atoms with Crippen molar-refractivity contribution in [2.45, 2.75) is 38.3 Å². The molecule has 0 aliphatic heterocycles. The van der Waals surface area contributed by atoms with E-state index < -0.39 is 0 Å². The first-order valence-corrected chi connectivity index (χ1v) is 4.61. The number of hydrogen-bond donors (Lipinski definition) is 2. The molecule has 2 nitrogen and oxygen atoms in total. The fourth-order valence-electron chi connectivity index (χ4n) is 1.84. The number of terminal acetylenes is 1. The second-order valence-corrected chi connectivity index (χ2v) is 3.54. The highest BCUT2D eigenvalue weighted by Gasteiger charge is 2.26. The Labute approximate surface area is 74.4 Å². The van der Waals surface area contributed by atoms with Crippen molar-refractivity contribution in [3.8, 4) is 12.3 Å². The smallest absolute Gasteiger partial charge is 0.0660 e. The summed E-state index contributed by atoms with van der Waals surface area (Å²) in [6.45, 7) is 2.27. The van der Waals surface area contributed by atoms with E-state index in [1.165, 1.54) is 6.42 Å². The monoisotopic (exact) mass is 167 g/mol. The zero-order valence-corrected chi connectivity index (χ0v) is 7.59. The molecule has 0 aromatic carbocycles. The summed E-state index contributed by atoms with van der Waals surface area (Å²) in [7, 11) is 0. The summed E-state index contributed by atoms with van der Waals surface area (Å²) in [6, 6.07) is 0.559. The highest BCUT2D eigenvalue weighted by Crippen LogP contribution is 2.25. The Balaban J connectivity index is 2.36. The molecule has 1 aliphatic carbocycles. The van der Waals surface area contributed by atoms with E-state index >= 15 is 0 Å². The van der Waals surface area contributed by atoms with Crippen LogP contribution in [-0.4, -0.2) is 23.8 Å². The van der Waals surface area contributed by atoms with E-state index in [0.29, 0.717) is 12.0 Å². The van der Waals surface area contributed by atoms with E-state index in [0.717, 1.165) is 12.8 Å². The van der Waals surface area contributed by atoms with Crippen LogP contribution >= 0.6 is 0 Å². The Kier molecular flexibility index (Phi) is 3.58. The summed E-state index contributed by atoms with van der Waals surface area (Å²) in [5.41, 5.74) is 0. The second-order valence-electron chi connectivity index (χ2n) is 3.54. The van der Waals surface area contributed by atoms with Crippen molar-refractivity contribution in [2.75, 3.05) is 6.61 Å². The molecule has 12 heavy (non-hydrogen) atoms. The van der Waals surface area contributed by atoms with E-state index in [1.807, 2.05) is 6.92 Å². The van der Waals surface area contributed by atoms with Gasteiger partial charge in [-0.2, -0.15) is 0 Å². The second kappa shape index (κ2) is 4.49. The summed E-state index contributed by atoms with van der Waals surface area (Å²) in [5.74, 6) is 3.06. The van der Waals surface area contributed by atoms with Gasteiger partial charge in [-0.05, 0) is 25.7 Å². The summed E-state index contributed by atoms with van der Waals surface area (Å²) >= 11 is 0. The van der Waals surface area contributed by atoms with Crippen LogP contribution in [0.25, 0.3) is 0 Å². The average Bonchev–Trinajstić information content (AvgIpc) is 2.51. The molecule has 1 rings (SSSR count). The van der Waals surface area contributed by atoms with E-state index in [2.05, 4.69) is 11.2 Å². The van der Waals surface area contributed by atoms with Crippen molar-refractivity contribution in [2.24, 2.45) is 5.92 Å². The molecule has 3 unspecified atom stereocenters. The molecule has 3 atom stereocenters. The maximum Gasteiger partial charge on any atom is 0.0660 e. The van der Waals surface area contributed by atoms with Crippen molar-refractivity contribution in [1.29, 1.82) is 0 Å². The largest absolute Gasteiger partial charge is 0.396 e. The minimum absolute atomic E-state index is 0.127. The Morgan fingerprint density at radius 3 is 3.00 bits per heavy atom. The lowest BCUT2D eigenvalue weighted by molar-refractivity contribution is 0.204. The number of rotatable bonds is 3. The van der Waals surface area contributed by atoms with E-state index in [-0.39, 0.29) is 12.6 Å². The first kappa shape index (κ1) is 9.57. The normalized spacial score (nSPS) is 31.4. The van der Waals surface area contributed by atoms with Gasteiger partial charge in [-0.25, -0.2) is 0 Å². The third-order valence-electron chi connectivity index (χ3n) is 2.61. The quantitative estimate of drug-likeness (QED) is 0.608. The summed E-state index contributed by atoms with van der Waals surface area (Å²) in [6.07, 6.45) is 8.75. The van der Waals surface area contributed by atoms with Gasteiger partial charge in [-0.1, -0.05) is 12.3 Å². The molecule has 1 aliphatic rings. The molecular weight excluding hydrogens is 150 g/mol. The van der Waals surface area contributed by atoms with Crippen LogP contribution in [0.5, 0.6) is 0 Å². The molecule has 0 bridgehead atoms. The van der Waals surface area contributed by atoms with Gasteiger partial charge in [0.05, 0.1) is 6.04 Å². The average molecular weight is 167 g/mol. The lowest BCUT2D eigenvalue weighted by atomic mass is 10.0. The SMILES string of the molecule is C#CC(C)NC1CCCC1CO.